The van der Waals surface area contributed by atoms with Gasteiger partial charge in [0.15, 0.2) is 0 Å². The summed E-state index contributed by atoms with van der Waals surface area (Å²) in [5, 5.41) is 2.55. The molecular weight excluding hydrogens is 122 g/mol. The fourth-order valence-electron chi connectivity index (χ4n) is 0.361. The average molecular weight is 131 g/mol. The zero-order chi connectivity index (χ0) is 7.28. The molecule has 5 nitrogen and oxygen atoms in total. The van der Waals surface area contributed by atoms with E-state index in [0.29, 0.717) is 6.29 Å². The molecule has 4 N–H and O–H groups in total. The first-order valence-electron chi connectivity index (χ1n) is 2.49. The number of hydrogen-bond acceptors (Lipinski definition) is 5. The van der Waals surface area contributed by atoms with Crippen LogP contribution in [0.3, 0.4) is 0 Å². The van der Waals surface area contributed by atoms with Crippen LogP contribution in [-0.2, 0) is 4.79 Å². The van der Waals surface area contributed by atoms with E-state index in [2.05, 4.69) is 5.18 Å². The molecule has 0 saturated carbocycles. The number of aldehydes is 1. The van der Waals surface area contributed by atoms with Crippen LogP contribution in [0.2, 0.25) is 0 Å². The Balaban J connectivity index is 3.77. The molecule has 0 heterocycles. The molecule has 0 amide bonds. The summed E-state index contributed by atoms with van der Waals surface area (Å²) >= 11 is 0. The third-order valence-corrected chi connectivity index (χ3v) is 0.978. The Bertz CT molecular complexity index is 106. The average Bonchev–Trinajstić information content (AvgIpc) is 1.90. The van der Waals surface area contributed by atoms with Crippen LogP contribution in [0.25, 0.3) is 0 Å². The van der Waals surface area contributed by atoms with Crippen LogP contribution in [0, 0.1) is 4.91 Å². The Kier molecular flexibility index (Phi) is 3.74. The maximum absolute atomic E-state index is 9.88. The van der Waals surface area contributed by atoms with Crippen molar-refractivity contribution in [1.29, 1.82) is 0 Å². The normalized spacial score (nSPS) is 16.2. The number of carbonyl (C=O) groups excluding carboxylic acids is 1. The maximum Gasteiger partial charge on any atom is 0.139 e. The van der Waals surface area contributed by atoms with E-state index in [1.165, 1.54) is 0 Å². The van der Waals surface area contributed by atoms with Crippen LogP contribution < -0.4 is 11.5 Å². The highest BCUT2D eigenvalue weighted by Gasteiger charge is 2.14. The zero-order valence-electron chi connectivity index (χ0n) is 4.86. The molecule has 0 aliphatic carbocycles. The van der Waals surface area contributed by atoms with Gasteiger partial charge >= 0.3 is 0 Å². The van der Waals surface area contributed by atoms with Crippen LogP contribution in [0.4, 0.5) is 0 Å². The van der Waals surface area contributed by atoms with Crippen molar-refractivity contribution in [2.75, 3.05) is 6.54 Å². The molecular formula is C4H9N3O2. The highest BCUT2D eigenvalue weighted by Crippen LogP contribution is 1.89. The second-order valence-corrected chi connectivity index (χ2v) is 1.62. The first-order chi connectivity index (χ1) is 4.26. The van der Waals surface area contributed by atoms with E-state index in [1.807, 2.05) is 0 Å². The van der Waals surface area contributed by atoms with E-state index in [9.17, 15) is 9.70 Å². The van der Waals surface area contributed by atoms with Crippen LogP contribution in [0.5, 0.6) is 0 Å². The topological polar surface area (TPSA) is 98.5 Å². The quantitative estimate of drug-likeness (QED) is 0.362. The Hall–Kier alpha value is -0.810. The van der Waals surface area contributed by atoms with Crippen molar-refractivity contribution < 1.29 is 4.79 Å². The standard InChI is InChI=1S/C4H9N3O2/c5-1-4(7-9)3(6)2-8/h2-4H,1,5-6H2. The summed E-state index contributed by atoms with van der Waals surface area (Å²) in [6, 6.07) is -1.63. The third-order valence-electron chi connectivity index (χ3n) is 0.978. The smallest absolute Gasteiger partial charge is 0.139 e. The number of hydrogen-bond donors (Lipinski definition) is 2. The van der Waals surface area contributed by atoms with Gasteiger partial charge in [-0.25, -0.2) is 0 Å². The highest BCUT2D eigenvalue weighted by atomic mass is 16.3. The SMILES string of the molecule is NCC(N=O)C(N)C=O. The van der Waals surface area contributed by atoms with Gasteiger partial charge in [0.25, 0.3) is 0 Å². The lowest BCUT2D eigenvalue weighted by Crippen LogP contribution is -2.39. The molecule has 0 aromatic carbocycles. The molecule has 9 heavy (non-hydrogen) atoms. The minimum atomic E-state index is -0.854. The molecule has 0 aromatic rings. The highest BCUT2D eigenvalue weighted by molar-refractivity contribution is 5.58. The monoisotopic (exact) mass is 131 g/mol. The minimum absolute atomic E-state index is 0.0173. The Labute approximate surface area is 52.4 Å². The molecule has 2 atom stereocenters. The third kappa shape index (κ3) is 2.29. The van der Waals surface area contributed by atoms with Crippen LogP contribution in [0.1, 0.15) is 0 Å². The van der Waals surface area contributed by atoms with Gasteiger partial charge in [-0.05, 0) is 0 Å². The summed E-state index contributed by atoms with van der Waals surface area (Å²) in [4.78, 5) is 19.7. The maximum atomic E-state index is 9.88. The molecule has 0 rings (SSSR count). The molecule has 0 aromatic heterocycles. The predicted octanol–water partition coefficient (Wildman–Crippen LogP) is -1.39. The first-order valence-corrected chi connectivity index (χ1v) is 2.49. The number of rotatable bonds is 4. The fourth-order valence-corrected chi connectivity index (χ4v) is 0.361. The second-order valence-electron chi connectivity index (χ2n) is 1.62. The van der Waals surface area contributed by atoms with Crippen molar-refractivity contribution in [2.45, 2.75) is 12.1 Å². The summed E-state index contributed by atoms with van der Waals surface area (Å²) in [7, 11) is 0. The lowest BCUT2D eigenvalue weighted by Gasteiger charge is -2.06. The summed E-state index contributed by atoms with van der Waals surface area (Å²) in [6.07, 6.45) is 0.457. The van der Waals surface area contributed by atoms with Gasteiger partial charge in [0.1, 0.15) is 12.3 Å². The van der Waals surface area contributed by atoms with Crippen molar-refractivity contribution in [3.05, 3.63) is 4.91 Å². The summed E-state index contributed by atoms with van der Waals surface area (Å²) in [6.45, 7) is 0.0173. The molecule has 0 fully saturated rings. The van der Waals surface area contributed by atoms with Crippen molar-refractivity contribution >= 4 is 6.29 Å². The Morgan fingerprint density at radius 1 is 1.67 bits per heavy atom. The Morgan fingerprint density at radius 3 is 2.33 bits per heavy atom. The number of nitrogens with two attached hydrogens (primary N) is 2. The van der Waals surface area contributed by atoms with Crippen molar-refractivity contribution in [3.63, 3.8) is 0 Å². The predicted molar refractivity (Wildman–Crippen MR) is 32.7 cm³/mol. The second kappa shape index (κ2) is 4.11. The van der Waals surface area contributed by atoms with Crippen LogP contribution in [-0.4, -0.2) is 24.9 Å². The molecule has 2 unspecified atom stereocenters. The minimum Gasteiger partial charge on any atom is -0.328 e. The van der Waals surface area contributed by atoms with Gasteiger partial charge < -0.3 is 16.3 Å². The van der Waals surface area contributed by atoms with Gasteiger partial charge in [0, 0.05) is 6.54 Å². The largest absolute Gasteiger partial charge is 0.328 e. The van der Waals surface area contributed by atoms with Gasteiger partial charge in [0.2, 0.25) is 0 Å². The van der Waals surface area contributed by atoms with Gasteiger partial charge in [-0.2, -0.15) is 4.91 Å². The lowest BCUT2D eigenvalue weighted by molar-refractivity contribution is -0.109. The zero-order valence-corrected chi connectivity index (χ0v) is 4.86. The van der Waals surface area contributed by atoms with Gasteiger partial charge in [0.05, 0.1) is 6.04 Å². The Morgan fingerprint density at radius 2 is 2.22 bits per heavy atom. The molecule has 0 saturated heterocycles. The van der Waals surface area contributed by atoms with Crippen LogP contribution >= 0.6 is 0 Å². The van der Waals surface area contributed by atoms with Crippen LogP contribution in [0.15, 0.2) is 5.18 Å². The number of nitrogens with zero attached hydrogens (tertiary/aromatic N) is 1. The number of carbonyl (C=O) groups is 1. The van der Waals surface area contributed by atoms with E-state index >= 15 is 0 Å². The summed E-state index contributed by atoms with van der Waals surface area (Å²) in [5.74, 6) is 0. The molecule has 0 bridgehead atoms. The van der Waals surface area contributed by atoms with Gasteiger partial charge in [-0.15, -0.1) is 0 Å². The molecule has 52 valence electrons. The van der Waals surface area contributed by atoms with Gasteiger partial charge in [-0.1, -0.05) is 5.18 Å². The van der Waals surface area contributed by atoms with E-state index < -0.39 is 12.1 Å². The summed E-state index contributed by atoms with van der Waals surface area (Å²) < 4.78 is 0. The molecule has 0 aliphatic heterocycles. The molecule has 5 heteroatoms. The molecule has 0 aliphatic rings. The number of nitroso groups, excluding NO2 is 1. The fraction of sp³-hybridized carbons (Fsp3) is 0.750. The van der Waals surface area contributed by atoms with E-state index in [0.717, 1.165) is 0 Å². The van der Waals surface area contributed by atoms with Crippen molar-refractivity contribution in [3.8, 4) is 0 Å². The molecule has 0 radical (unpaired) electrons. The lowest BCUT2D eigenvalue weighted by atomic mass is 10.2. The van der Waals surface area contributed by atoms with Crippen molar-refractivity contribution in [1.82, 2.24) is 0 Å². The van der Waals surface area contributed by atoms with E-state index in [4.69, 9.17) is 11.5 Å². The van der Waals surface area contributed by atoms with Crippen molar-refractivity contribution in [2.24, 2.45) is 16.6 Å². The van der Waals surface area contributed by atoms with E-state index in [1.54, 1.807) is 0 Å². The first kappa shape index (κ1) is 8.19. The van der Waals surface area contributed by atoms with Gasteiger partial charge in [-0.3, -0.25) is 0 Å². The molecule has 0 spiro atoms. The summed E-state index contributed by atoms with van der Waals surface area (Å²) in [5.41, 5.74) is 10.1. The van der Waals surface area contributed by atoms with E-state index in [-0.39, 0.29) is 6.54 Å².